The van der Waals surface area contributed by atoms with E-state index in [1.165, 1.54) is 11.3 Å². The fourth-order valence-corrected chi connectivity index (χ4v) is 2.26. The summed E-state index contributed by atoms with van der Waals surface area (Å²) in [5.74, 6) is -0.455. The summed E-state index contributed by atoms with van der Waals surface area (Å²) in [7, 11) is 0. The Hall–Kier alpha value is -1.84. The van der Waals surface area contributed by atoms with E-state index < -0.39 is 12.3 Å². The smallest absolute Gasteiger partial charge is 0.309 e. The highest BCUT2D eigenvalue weighted by Crippen LogP contribution is 2.06. The van der Waals surface area contributed by atoms with Crippen molar-refractivity contribution < 1.29 is 9.48 Å². The summed E-state index contributed by atoms with van der Waals surface area (Å²) in [5.41, 5.74) is 17.5. The standard InChI is InChI=1S/C9H14N6O2S/c10-6-7(11)15(17)9(8(12)14(6)16)13-3-5-1-2-18-4-5/h1-2,4,6,9,13H,3,10-12H2. The van der Waals surface area contributed by atoms with Gasteiger partial charge in [0, 0.05) is 6.54 Å². The van der Waals surface area contributed by atoms with Gasteiger partial charge in [-0.05, 0) is 22.4 Å². The molecule has 1 aliphatic heterocycles. The van der Waals surface area contributed by atoms with Gasteiger partial charge in [0.05, 0.1) is 0 Å². The Morgan fingerprint density at radius 1 is 1.28 bits per heavy atom. The first-order valence-corrected chi connectivity index (χ1v) is 6.14. The number of hydrogen-bond donors (Lipinski definition) is 4. The summed E-state index contributed by atoms with van der Waals surface area (Å²) in [5, 5.41) is 30.1. The minimum absolute atomic E-state index is 0.193. The number of nitrogens with zero attached hydrogens (tertiary/aromatic N) is 2. The van der Waals surface area contributed by atoms with E-state index in [9.17, 15) is 10.4 Å². The number of nitrogens with two attached hydrogens (primary N) is 3. The molecule has 0 saturated carbocycles. The molecule has 1 aromatic rings. The monoisotopic (exact) mass is 270 g/mol. The number of hydroxylamine groups is 2. The van der Waals surface area contributed by atoms with Crippen LogP contribution in [0.3, 0.4) is 0 Å². The summed E-state index contributed by atoms with van der Waals surface area (Å²) < 4.78 is 0.774. The van der Waals surface area contributed by atoms with E-state index in [-0.39, 0.29) is 11.7 Å². The molecule has 0 bridgehead atoms. The second kappa shape index (κ2) is 4.80. The van der Waals surface area contributed by atoms with Gasteiger partial charge in [0.2, 0.25) is 6.17 Å². The molecule has 8 nitrogen and oxygen atoms in total. The third kappa shape index (κ3) is 2.10. The van der Waals surface area contributed by atoms with Crippen LogP contribution in [0.2, 0.25) is 0 Å². The predicted octanol–water partition coefficient (Wildman–Crippen LogP) is -1.80. The molecule has 0 saturated heterocycles. The fourth-order valence-electron chi connectivity index (χ4n) is 1.60. The van der Waals surface area contributed by atoms with Crippen LogP contribution in [0.4, 0.5) is 0 Å². The molecule has 0 fully saturated rings. The Labute approximate surface area is 107 Å². The Bertz CT molecular complexity index is 471. The molecule has 18 heavy (non-hydrogen) atoms. The summed E-state index contributed by atoms with van der Waals surface area (Å²) in [6, 6.07) is 1.90. The van der Waals surface area contributed by atoms with Crippen molar-refractivity contribution >= 4 is 23.0 Å². The predicted molar refractivity (Wildman–Crippen MR) is 68.6 cm³/mol. The molecule has 0 aliphatic carbocycles. The van der Waals surface area contributed by atoms with E-state index in [4.69, 9.17) is 17.2 Å². The Morgan fingerprint density at radius 3 is 2.61 bits per heavy atom. The van der Waals surface area contributed by atoms with Gasteiger partial charge in [0.15, 0.2) is 0 Å². The molecule has 1 aromatic heterocycles. The molecule has 0 radical (unpaired) electrons. The quantitative estimate of drug-likeness (QED) is 0.377. The van der Waals surface area contributed by atoms with Crippen LogP contribution in [0, 0.1) is 10.4 Å². The van der Waals surface area contributed by atoms with Gasteiger partial charge in [-0.1, -0.05) is 0 Å². The van der Waals surface area contributed by atoms with Crippen molar-refractivity contribution in [3.8, 4) is 0 Å². The molecule has 0 spiro atoms. The molecule has 2 rings (SSSR count). The molecular formula is C9H14N6O2S. The van der Waals surface area contributed by atoms with E-state index in [1.807, 2.05) is 16.8 Å². The molecule has 1 aliphatic rings. The van der Waals surface area contributed by atoms with Gasteiger partial charge in [-0.3, -0.25) is 22.5 Å². The molecular weight excluding hydrogens is 256 g/mol. The maximum atomic E-state index is 11.8. The van der Waals surface area contributed by atoms with Crippen molar-refractivity contribution in [1.82, 2.24) is 5.32 Å². The Balaban J connectivity index is 2.16. The number of hydrogen-bond acceptors (Lipinski definition) is 7. The third-order valence-corrected chi connectivity index (χ3v) is 3.39. The maximum absolute atomic E-state index is 11.8. The summed E-state index contributed by atoms with van der Waals surface area (Å²) in [6.07, 6.45) is -2.23. The van der Waals surface area contributed by atoms with E-state index >= 15 is 0 Å². The molecule has 7 N–H and O–H groups in total. The van der Waals surface area contributed by atoms with Gasteiger partial charge in [-0.2, -0.15) is 11.3 Å². The first-order chi connectivity index (χ1) is 8.52. The minimum atomic E-state index is -1.23. The summed E-state index contributed by atoms with van der Waals surface area (Å²) in [6.45, 7) is 0.407. The fraction of sp³-hybridized carbons (Fsp3) is 0.333. The van der Waals surface area contributed by atoms with Crippen LogP contribution in [0.15, 0.2) is 16.8 Å². The number of rotatable bonds is 3. The van der Waals surface area contributed by atoms with Crippen molar-refractivity contribution in [2.75, 3.05) is 0 Å². The Kier molecular flexibility index (Phi) is 3.36. The molecule has 98 valence electrons. The minimum Gasteiger partial charge on any atom is -0.714 e. The van der Waals surface area contributed by atoms with Gasteiger partial charge >= 0.3 is 11.7 Å². The second-order valence-electron chi connectivity index (χ2n) is 3.86. The lowest BCUT2D eigenvalue weighted by Crippen LogP contribution is -2.64. The normalized spacial score (nSPS) is 24.7. The molecule has 0 amide bonds. The lowest BCUT2D eigenvalue weighted by atomic mass is 10.3. The highest BCUT2D eigenvalue weighted by molar-refractivity contribution is 7.07. The highest BCUT2D eigenvalue weighted by Gasteiger charge is 2.35. The zero-order valence-electron chi connectivity index (χ0n) is 9.45. The van der Waals surface area contributed by atoms with E-state index in [2.05, 4.69) is 5.32 Å². The van der Waals surface area contributed by atoms with Gasteiger partial charge in [-0.25, -0.2) is 9.48 Å². The van der Waals surface area contributed by atoms with Crippen molar-refractivity contribution in [3.63, 3.8) is 0 Å². The topological polar surface area (TPSA) is 142 Å². The first kappa shape index (κ1) is 12.6. The van der Waals surface area contributed by atoms with Gasteiger partial charge in [0.1, 0.15) is 0 Å². The zero-order valence-corrected chi connectivity index (χ0v) is 10.3. The number of nitrogens with one attached hydrogen (secondary N) is 1. The molecule has 2 atom stereocenters. The van der Waals surface area contributed by atoms with Crippen LogP contribution in [0.25, 0.3) is 0 Å². The van der Waals surface area contributed by atoms with E-state index in [1.54, 1.807) is 0 Å². The van der Waals surface area contributed by atoms with Gasteiger partial charge in [-0.15, -0.1) is 0 Å². The SMILES string of the molecule is NC1=[N+]([O-])C(N)C(N)=[N+]([O-])C1NCc1ccsc1. The lowest BCUT2D eigenvalue weighted by molar-refractivity contribution is -0.564. The number of amidine groups is 2. The van der Waals surface area contributed by atoms with Crippen LogP contribution in [-0.2, 0) is 6.54 Å². The third-order valence-electron chi connectivity index (χ3n) is 2.66. The first-order valence-electron chi connectivity index (χ1n) is 5.19. The average molecular weight is 270 g/mol. The summed E-state index contributed by atoms with van der Waals surface area (Å²) >= 11 is 1.54. The largest absolute Gasteiger partial charge is 0.714 e. The Morgan fingerprint density at radius 2 is 2.00 bits per heavy atom. The van der Waals surface area contributed by atoms with E-state index in [0.717, 1.165) is 5.56 Å². The molecule has 2 heterocycles. The maximum Gasteiger partial charge on any atom is 0.309 e. The molecule has 2 unspecified atom stereocenters. The van der Waals surface area contributed by atoms with Crippen LogP contribution in [0.5, 0.6) is 0 Å². The summed E-state index contributed by atoms with van der Waals surface area (Å²) in [4.78, 5) is 0. The van der Waals surface area contributed by atoms with Crippen LogP contribution in [0.1, 0.15) is 5.56 Å². The molecule has 0 aromatic carbocycles. The van der Waals surface area contributed by atoms with Crippen LogP contribution < -0.4 is 22.5 Å². The van der Waals surface area contributed by atoms with Crippen molar-refractivity contribution in [3.05, 3.63) is 32.8 Å². The van der Waals surface area contributed by atoms with Crippen molar-refractivity contribution in [2.45, 2.75) is 18.9 Å². The van der Waals surface area contributed by atoms with Crippen molar-refractivity contribution in [1.29, 1.82) is 0 Å². The van der Waals surface area contributed by atoms with Crippen LogP contribution in [-0.4, -0.2) is 33.5 Å². The van der Waals surface area contributed by atoms with Crippen molar-refractivity contribution in [2.24, 2.45) is 17.2 Å². The second-order valence-corrected chi connectivity index (χ2v) is 4.64. The number of thiophene rings is 1. The van der Waals surface area contributed by atoms with Crippen LogP contribution >= 0.6 is 11.3 Å². The highest BCUT2D eigenvalue weighted by atomic mass is 32.1. The molecule has 9 heteroatoms. The average Bonchev–Trinajstić information content (AvgIpc) is 2.87. The van der Waals surface area contributed by atoms with Gasteiger partial charge in [0.25, 0.3) is 6.17 Å². The van der Waals surface area contributed by atoms with E-state index in [0.29, 0.717) is 16.0 Å². The zero-order chi connectivity index (χ0) is 13.3. The van der Waals surface area contributed by atoms with Gasteiger partial charge < -0.3 is 10.4 Å². The lowest BCUT2D eigenvalue weighted by Gasteiger charge is -2.30.